The molecule has 2 heterocycles. The van der Waals surface area contributed by atoms with E-state index in [0.29, 0.717) is 12.2 Å². The largest absolute Gasteiger partial charge is 0.384 e. The standard InChI is InChI=1S/C19H17FN4/c1-3-13-7-12(5-6-16(13)20)8-14(4-2)19-15-9-18(21)22-10-17(15)23-11-24-19/h1,5-7,9-11,14H,4,8H2,2H3,(H2,21,22). The Kier molecular flexibility index (Phi) is 4.39. The van der Waals surface area contributed by atoms with Crippen LogP contribution in [0, 0.1) is 18.2 Å². The Bertz CT molecular complexity index is 930. The summed E-state index contributed by atoms with van der Waals surface area (Å²) in [6, 6.07) is 6.69. The molecule has 1 atom stereocenters. The zero-order valence-corrected chi connectivity index (χ0v) is 13.3. The Morgan fingerprint density at radius 1 is 1.25 bits per heavy atom. The molecule has 2 aromatic heterocycles. The summed E-state index contributed by atoms with van der Waals surface area (Å²) in [4.78, 5) is 12.8. The zero-order valence-electron chi connectivity index (χ0n) is 13.3. The number of nitrogen functional groups attached to an aromatic ring is 1. The van der Waals surface area contributed by atoms with Crippen molar-refractivity contribution in [3.05, 3.63) is 59.4 Å². The number of fused-ring (bicyclic) bond motifs is 1. The zero-order chi connectivity index (χ0) is 17.1. The molecular formula is C19H17FN4. The van der Waals surface area contributed by atoms with Crippen LogP contribution in [0.4, 0.5) is 10.2 Å². The predicted octanol–water partition coefficient (Wildman–Crippen LogP) is 3.46. The first-order chi connectivity index (χ1) is 11.6. The van der Waals surface area contributed by atoms with Gasteiger partial charge in [0.1, 0.15) is 18.0 Å². The topological polar surface area (TPSA) is 64.7 Å². The molecular weight excluding hydrogens is 303 g/mol. The fourth-order valence-corrected chi connectivity index (χ4v) is 2.85. The number of rotatable bonds is 4. The second-order valence-corrected chi connectivity index (χ2v) is 5.65. The molecule has 0 aliphatic rings. The first kappa shape index (κ1) is 15.9. The van der Waals surface area contributed by atoms with Crippen LogP contribution >= 0.6 is 0 Å². The Hall–Kier alpha value is -3.00. The number of halogens is 1. The molecule has 1 unspecified atom stereocenters. The van der Waals surface area contributed by atoms with Gasteiger partial charge in [-0.2, -0.15) is 0 Å². The lowest BCUT2D eigenvalue weighted by atomic mass is 9.91. The average molecular weight is 320 g/mol. The molecule has 0 radical (unpaired) electrons. The second-order valence-electron chi connectivity index (χ2n) is 5.65. The molecule has 0 spiro atoms. The highest BCUT2D eigenvalue weighted by molar-refractivity contribution is 5.82. The maximum atomic E-state index is 13.6. The molecule has 0 bridgehead atoms. The van der Waals surface area contributed by atoms with E-state index in [-0.39, 0.29) is 17.3 Å². The van der Waals surface area contributed by atoms with Crippen LogP contribution in [0.25, 0.3) is 10.9 Å². The molecule has 0 saturated carbocycles. The van der Waals surface area contributed by atoms with Gasteiger partial charge in [-0.15, -0.1) is 6.42 Å². The second kappa shape index (κ2) is 6.63. The van der Waals surface area contributed by atoms with E-state index >= 15 is 0 Å². The van der Waals surface area contributed by atoms with E-state index in [4.69, 9.17) is 12.2 Å². The highest BCUT2D eigenvalue weighted by Crippen LogP contribution is 2.29. The first-order valence-electron chi connectivity index (χ1n) is 7.73. The third kappa shape index (κ3) is 3.04. The van der Waals surface area contributed by atoms with Crippen molar-refractivity contribution in [1.29, 1.82) is 0 Å². The van der Waals surface area contributed by atoms with Crippen LogP contribution in [0.3, 0.4) is 0 Å². The van der Waals surface area contributed by atoms with E-state index in [9.17, 15) is 4.39 Å². The normalized spacial score (nSPS) is 12.0. The Labute approximate surface area is 140 Å². The number of aromatic nitrogens is 3. The van der Waals surface area contributed by atoms with Gasteiger partial charge in [-0.25, -0.2) is 19.3 Å². The van der Waals surface area contributed by atoms with Gasteiger partial charge in [0.25, 0.3) is 0 Å². The summed E-state index contributed by atoms with van der Waals surface area (Å²) in [5.74, 6) is 2.59. The molecule has 2 N–H and O–H groups in total. The minimum Gasteiger partial charge on any atom is -0.384 e. The SMILES string of the molecule is C#Cc1cc(CC(CC)c2ncnc3cnc(N)cc23)ccc1F. The first-order valence-corrected chi connectivity index (χ1v) is 7.73. The molecule has 3 aromatic rings. The van der Waals surface area contributed by atoms with E-state index in [1.165, 1.54) is 12.4 Å². The number of pyridine rings is 1. The maximum absolute atomic E-state index is 13.6. The predicted molar refractivity (Wildman–Crippen MR) is 92.8 cm³/mol. The summed E-state index contributed by atoms with van der Waals surface area (Å²) in [6.45, 7) is 2.09. The minimum atomic E-state index is -0.374. The summed E-state index contributed by atoms with van der Waals surface area (Å²) < 4.78 is 13.6. The average Bonchev–Trinajstić information content (AvgIpc) is 2.60. The molecule has 24 heavy (non-hydrogen) atoms. The van der Waals surface area contributed by atoms with Gasteiger partial charge in [-0.05, 0) is 36.6 Å². The summed E-state index contributed by atoms with van der Waals surface area (Å²) in [5.41, 5.74) is 8.75. The lowest BCUT2D eigenvalue weighted by Crippen LogP contribution is -2.07. The molecule has 0 fully saturated rings. The van der Waals surface area contributed by atoms with Crippen molar-refractivity contribution in [3.8, 4) is 12.3 Å². The molecule has 5 heteroatoms. The van der Waals surface area contributed by atoms with Crippen molar-refractivity contribution >= 4 is 16.7 Å². The number of benzene rings is 1. The molecule has 120 valence electrons. The Balaban J connectivity index is 2.01. The van der Waals surface area contributed by atoms with Crippen LogP contribution in [-0.4, -0.2) is 15.0 Å². The Morgan fingerprint density at radius 2 is 2.08 bits per heavy atom. The van der Waals surface area contributed by atoms with Crippen LogP contribution in [0.15, 0.2) is 36.8 Å². The van der Waals surface area contributed by atoms with Crippen molar-refractivity contribution in [2.75, 3.05) is 5.73 Å². The van der Waals surface area contributed by atoms with Crippen molar-refractivity contribution < 1.29 is 4.39 Å². The molecule has 1 aromatic carbocycles. The van der Waals surface area contributed by atoms with Gasteiger partial charge < -0.3 is 5.73 Å². The van der Waals surface area contributed by atoms with Gasteiger partial charge in [0, 0.05) is 11.3 Å². The fourth-order valence-electron chi connectivity index (χ4n) is 2.85. The minimum absolute atomic E-state index is 0.147. The van der Waals surface area contributed by atoms with Crippen LogP contribution < -0.4 is 5.73 Å². The van der Waals surface area contributed by atoms with Gasteiger partial charge in [0.15, 0.2) is 0 Å². The summed E-state index contributed by atoms with van der Waals surface area (Å²) in [5, 5.41) is 0.899. The highest BCUT2D eigenvalue weighted by atomic mass is 19.1. The molecule has 0 amide bonds. The van der Waals surface area contributed by atoms with E-state index in [1.54, 1.807) is 24.4 Å². The molecule has 4 nitrogen and oxygen atoms in total. The fraction of sp³-hybridized carbons (Fsp3) is 0.211. The van der Waals surface area contributed by atoms with Crippen LogP contribution in [-0.2, 0) is 6.42 Å². The lowest BCUT2D eigenvalue weighted by Gasteiger charge is -2.16. The van der Waals surface area contributed by atoms with Crippen molar-refractivity contribution in [3.63, 3.8) is 0 Å². The maximum Gasteiger partial charge on any atom is 0.138 e. The smallest absolute Gasteiger partial charge is 0.138 e. The van der Waals surface area contributed by atoms with E-state index in [2.05, 4.69) is 27.8 Å². The molecule has 0 saturated heterocycles. The number of hydrogen-bond acceptors (Lipinski definition) is 4. The third-order valence-electron chi connectivity index (χ3n) is 4.12. The summed E-state index contributed by atoms with van der Waals surface area (Å²) in [6.07, 6.45) is 10.1. The van der Waals surface area contributed by atoms with Crippen LogP contribution in [0.1, 0.15) is 36.1 Å². The quantitative estimate of drug-likeness (QED) is 0.748. The molecule has 0 aliphatic carbocycles. The van der Waals surface area contributed by atoms with E-state index in [0.717, 1.165) is 28.6 Å². The van der Waals surface area contributed by atoms with Crippen molar-refractivity contribution in [2.24, 2.45) is 0 Å². The summed E-state index contributed by atoms with van der Waals surface area (Å²) in [7, 11) is 0. The number of nitrogens with two attached hydrogens (primary N) is 1. The molecule has 0 aliphatic heterocycles. The van der Waals surface area contributed by atoms with E-state index < -0.39 is 0 Å². The van der Waals surface area contributed by atoms with Crippen LogP contribution in [0.2, 0.25) is 0 Å². The van der Waals surface area contributed by atoms with Crippen molar-refractivity contribution in [1.82, 2.24) is 15.0 Å². The summed E-state index contributed by atoms with van der Waals surface area (Å²) >= 11 is 0. The Morgan fingerprint density at radius 3 is 2.83 bits per heavy atom. The van der Waals surface area contributed by atoms with E-state index in [1.807, 2.05) is 0 Å². The number of anilines is 1. The van der Waals surface area contributed by atoms with Gasteiger partial charge >= 0.3 is 0 Å². The number of terminal acetylenes is 1. The van der Waals surface area contributed by atoms with Gasteiger partial charge in [0.2, 0.25) is 0 Å². The molecule has 3 rings (SSSR count). The lowest BCUT2D eigenvalue weighted by molar-refractivity contribution is 0.618. The van der Waals surface area contributed by atoms with Crippen LogP contribution in [0.5, 0.6) is 0 Å². The monoisotopic (exact) mass is 320 g/mol. The number of nitrogens with zero attached hydrogens (tertiary/aromatic N) is 3. The van der Waals surface area contributed by atoms with Crippen molar-refractivity contribution in [2.45, 2.75) is 25.7 Å². The van der Waals surface area contributed by atoms with Gasteiger partial charge in [-0.3, -0.25) is 0 Å². The third-order valence-corrected chi connectivity index (χ3v) is 4.12. The number of hydrogen-bond donors (Lipinski definition) is 1. The highest BCUT2D eigenvalue weighted by Gasteiger charge is 2.17. The van der Waals surface area contributed by atoms with Gasteiger partial charge in [0.05, 0.1) is 23.0 Å². The van der Waals surface area contributed by atoms with Gasteiger partial charge in [-0.1, -0.05) is 18.9 Å².